The van der Waals surface area contributed by atoms with Gasteiger partial charge in [-0.1, -0.05) is 83.8 Å². The summed E-state index contributed by atoms with van der Waals surface area (Å²) in [4.78, 5) is 0. The third-order valence-corrected chi connectivity index (χ3v) is 5.68. The molecule has 0 aliphatic carbocycles. The summed E-state index contributed by atoms with van der Waals surface area (Å²) in [5, 5.41) is 0. The molecule has 0 aliphatic heterocycles. The van der Waals surface area contributed by atoms with E-state index in [1.54, 1.807) is 21.3 Å². The lowest BCUT2D eigenvalue weighted by Gasteiger charge is -2.36. The Hall–Kier alpha value is -1.10. The van der Waals surface area contributed by atoms with Crippen LogP contribution in [-0.2, 0) is 14.2 Å². The third kappa shape index (κ3) is 9.06. The van der Waals surface area contributed by atoms with E-state index in [4.69, 9.17) is 18.9 Å². The minimum atomic E-state index is -1.06. The molecule has 0 spiro atoms. The van der Waals surface area contributed by atoms with Crippen LogP contribution in [0.1, 0.15) is 96.0 Å². The lowest BCUT2D eigenvalue weighted by atomic mass is 9.90. The fourth-order valence-electron chi connectivity index (χ4n) is 3.87. The Morgan fingerprint density at radius 2 is 1.21 bits per heavy atom. The summed E-state index contributed by atoms with van der Waals surface area (Å²) in [6, 6.07) is 8.34. The molecule has 0 aliphatic rings. The van der Waals surface area contributed by atoms with Crippen molar-refractivity contribution in [3.63, 3.8) is 0 Å². The van der Waals surface area contributed by atoms with Crippen LogP contribution >= 0.6 is 0 Å². The van der Waals surface area contributed by atoms with Gasteiger partial charge < -0.3 is 18.9 Å². The van der Waals surface area contributed by atoms with Gasteiger partial charge in [0, 0.05) is 21.3 Å². The van der Waals surface area contributed by atoms with Crippen molar-refractivity contribution in [1.82, 2.24) is 0 Å². The Kier molecular flexibility index (Phi) is 14.0. The molecule has 4 nitrogen and oxygen atoms in total. The van der Waals surface area contributed by atoms with Gasteiger partial charge in [0.15, 0.2) is 0 Å². The van der Waals surface area contributed by atoms with Gasteiger partial charge in [0.05, 0.1) is 12.5 Å². The monoisotopic (exact) mass is 408 g/mol. The molecule has 0 aromatic heterocycles. The predicted octanol–water partition coefficient (Wildman–Crippen LogP) is 7.07. The molecule has 1 atom stereocenters. The molecular formula is C25H44O4. The fourth-order valence-corrected chi connectivity index (χ4v) is 3.87. The summed E-state index contributed by atoms with van der Waals surface area (Å²) >= 11 is 0. The van der Waals surface area contributed by atoms with Crippen LogP contribution in [0.5, 0.6) is 5.75 Å². The van der Waals surface area contributed by atoms with Crippen molar-refractivity contribution in [3.05, 3.63) is 29.8 Å². The van der Waals surface area contributed by atoms with E-state index in [-0.39, 0.29) is 5.92 Å². The fraction of sp³-hybridized carbons (Fsp3) is 0.760. The zero-order chi connectivity index (χ0) is 21.4. The van der Waals surface area contributed by atoms with Crippen LogP contribution in [0, 0.1) is 0 Å². The number of hydrogen-bond acceptors (Lipinski definition) is 4. The molecule has 0 bridgehead atoms. The van der Waals surface area contributed by atoms with E-state index in [9.17, 15) is 0 Å². The largest absolute Gasteiger partial charge is 0.494 e. The average molecular weight is 409 g/mol. The van der Waals surface area contributed by atoms with Gasteiger partial charge in [0.25, 0.3) is 5.97 Å². The smallest absolute Gasteiger partial charge is 0.289 e. The summed E-state index contributed by atoms with van der Waals surface area (Å²) in [6.07, 6.45) is 13.4. The van der Waals surface area contributed by atoms with E-state index in [0.717, 1.165) is 37.2 Å². The first-order valence-corrected chi connectivity index (χ1v) is 11.6. The van der Waals surface area contributed by atoms with E-state index in [2.05, 4.69) is 38.1 Å². The number of unbranched alkanes of at least 4 members (excludes halogenated alkanes) is 8. The van der Waals surface area contributed by atoms with Crippen LogP contribution in [0.3, 0.4) is 0 Å². The lowest BCUT2D eigenvalue weighted by molar-refractivity contribution is -0.365. The van der Waals surface area contributed by atoms with Crippen LogP contribution in [0.4, 0.5) is 0 Å². The predicted molar refractivity (Wildman–Crippen MR) is 121 cm³/mol. The maximum Gasteiger partial charge on any atom is 0.289 e. The zero-order valence-corrected chi connectivity index (χ0v) is 19.5. The molecule has 1 aromatic carbocycles. The maximum atomic E-state index is 5.89. The quantitative estimate of drug-likeness (QED) is 0.192. The van der Waals surface area contributed by atoms with Crippen LogP contribution < -0.4 is 4.74 Å². The highest BCUT2D eigenvalue weighted by Crippen LogP contribution is 2.37. The third-order valence-electron chi connectivity index (χ3n) is 5.68. The molecule has 1 unspecified atom stereocenters. The number of rotatable bonds is 18. The Bertz CT molecular complexity index is 488. The van der Waals surface area contributed by atoms with Crippen molar-refractivity contribution in [2.75, 3.05) is 27.9 Å². The second-order valence-electron chi connectivity index (χ2n) is 7.80. The van der Waals surface area contributed by atoms with Crippen molar-refractivity contribution in [1.29, 1.82) is 0 Å². The van der Waals surface area contributed by atoms with Crippen LogP contribution in [0.2, 0.25) is 0 Å². The van der Waals surface area contributed by atoms with Gasteiger partial charge in [0.2, 0.25) is 0 Å². The number of ether oxygens (including phenoxy) is 4. The van der Waals surface area contributed by atoms with E-state index in [1.165, 1.54) is 51.4 Å². The molecule has 29 heavy (non-hydrogen) atoms. The Morgan fingerprint density at radius 3 is 1.76 bits per heavy atom. The summed E-state index contributed by atoms with van der Waals surface area (Å²) in [6.45, 7) is 5.25. The van der Waals surface area contributed by atoms with Crippen molar-refractivity contribution in [2.24, 2.45) is 0 Å². The molecule has 0 saturated carbocycles. The van der Waals surface area contributed by atoms with E-state index in [1.807, 2.05) is 0 Å². The van der Waals surface area contributed by atoms with E-state index >= 15 is 0 Å². The highest BCUT2D eigenvalue weighted by molar-refractivity contribution is 5.30. The molecule has 168 valence electrons. The molecule has 0 saturated heterocycles. The number of methoxy groups -OCH3 is 3. The zero-order valence-electron chi connectivity index (χ0n) is 19.5. The molecule has 1 aromatic rings. The molecule has 0 heterocycles. The topological polar surface area (TPSA) is 36.9 Å². The number of benzene rings is 1. The Balaban J connectivity index is 2.73. The summed E-state index contributed by atoms with van der Waals surface area (Å²) in [7, 11) is 4.94. The molecule has 0 fully saturated rings. The molecule has 1 rings (SSSR count). The molecular weight excluding hydrogens is 364 g/mol. The second-order valence-corrected chi connectivity index (χ2v) is 7.80. The van der Waals surface area contributed by atoms with E-state index < -0.39 is 5.97 Å². The standard InChI is InChI=1S/C25H44O4/c1-6-8-10-12-13-14-16-24(25(26-3,27-4)28-5)22-17-19-23(20-18-22)29-21-15-11-9-7-2/h17-20,24H,6-16,21H2,1-5H3. The first kappa shape index (κ1) is 25.9. The lowest BCUT2D eigenvalue weighted by Crippen LogP contribution is -2.42. The highest BCUT2D eigenvalue weighted by atomic mass is 16.9. The minimum absolute atomic E-state index is 0.00674. The van der Waals surface area contributed by atoms with Crippen molar-refractivity contribution in [2.45, 2.75) is 96.4 Å². The molecule has 0 amide bonds. The SMILES string of the molecule is CCCCCCCCC(c1ccc(OCCCCCC)cc1)C(OC)(OC)OC. The van der Waals surface area contributed by atoms with Gasteiger partial charge in [-0.2, -0.15) is 0 Å². The molecule has 4 heteroatoms. The van der Waals surface area contributed by atoms with Crippen LogP contribution in [0.25, 0.3) is 0 Å². The van der Waals surface area contributed by atoms with Gasteiger partial charge in [-0.25, -0.2) is 0 Å². The first-order valence-electron chi connectivity index (χ1n) is 11.6. The second kappa shape index (κ2) is 15.7. The number of hydrogen-bond donors (Lipinski definition) is 0. The molecule has 0 N–H and O–H groups in total. The van der Waals surface area contributed by atoms with Crippen molar-refractivity contribution in [3.8, 4) is 5.75 Å². The highest BCUT2D eigenvalue weighted by Gasteiger charge is 2.40. The van der Waals surface area contributed by atoms with Gasteiger partial charge in [-0.05, 0) is 30.5 Å². The summed E-state index contributed by atoms with van der Waals surface area (Å²) < 4.78 is 23.0. The van der Waals surface area contributed by atoms with Crippen molar-refractivity contribution < 1.29 is 18.9 Å². The van der Waals surface area contributed by atoms with Crippen LogP contribution in [0.15, 0.2) is 24.3 Å². The van der Waals surface area contributed by atoms with Gasteiger partial charge >= 0.3 is 0 Å². The van der Waals surface area contributed by atoms with Gasteiger partial charge in [-0.3, -0.25) is 0 Å². The van der Waals surface area contributed by atoms with Gasteiger partial charge in [0.1, 0.15) is 5.75 Å². The Labute approximate surface area is 179 Å². The maximum absolute atomic E-state index is 5.89. The first-order chi connectivity index (χ1) is 14.2. The van der Waals surface area contributed by atoms with Crippen molar-refractivity contribution >= 4 is 0 Å². The average Bonchev–Trinajstić information content (AvgIpc) is 2.76. The molecule has 0 radical (unpaired) electrons. The summed E-state index contributed by atoms with van der Waals surface area (Å²) in [5.41, 5.74) is 1.16. The van der Waals surface area contributed by atoms with Crippen LogP contribution in [-0.4, -0.2) is 33.9 Å². The minimum Gasteiger partial charge on any atom is -0.494 e. The normalized spacial score (nSPS) is 12.9. The van der Waals surface area contributed by atoms with E-state index in [0.29, 0.717) is 0 Å². The van der Waals surface area contributed by atoms with Gasteiger partial charge in [-0.15, -0.1) is 0 Å². The Morgan fingerprint density at radius 1 is 0.690 bits per heavy atom. The summed E-state index contributed by atoms with van der Waals surface area (Å²) in [5.74, 6) is -0.139.